The third-order valence-corrected chi connectivity index (χ3v) is 3.27. The van der Waals surface area contributed by atoms with Crippen molar-refractivity contribution in [3.05, 3.63) is 53.8 Å². The van der Waals surface area contributed by atoms with Crippen molar-refractivity contribution in [1.82, 2.24) is 20.0 Å². The van der Waals surface area contributed by atoms with E-state index in [0.29, 0.717) is 17.4 Å². The van der Waals surface area contributed by atoms with E-state index in [4.69, 9.17) is 0 Å². The summed E-state index contributed by atoms with van der Waals surface area (Å²) in [4.78, 5) is 11.7. The van der Waals surface area contributed by atoms with Crippen molar-refractivity contribution in [1.29, 1.82) is 0 Å². The minimum Gasteiger partial charge on any atom is -0.305 e. The van der Waals surface area contributed by atoms with Crippen LogP contribution in [0, 0.1) is 0 Å². The fourth-order valence-electron chi connectivity index (χ4n) is 1.77. The number of anilines is 2. The summed E-state index contributed by atoms with van der Waals surface area (Å²) in [6, 6.07) is 9.61. The molecule has 2 N–H and O–H groups in total. The highest BCUT2D eigenvalue weighted by Crippen LogP contribution is 2.11. The lowest BCUT2D eigenvalue weighted by Crippen LogP contribution is -2.19. The highest BCUT2D eigenvalue weighted by atomic mass is 32.1. The maximum atomic E-state index is 11.7. The molecule has 0 saturated heterocycles. The van der Waals surface area contributed by atoms with E-state index in [1.807, 2.05) is 30.3 Å². The van der Waals surface area contributed by atoms with Crippen LogP contribution in [0.1, 0.15) is 5.56 Å². The van der Waals surface area contributed by atoms with Crippen LogP contribution < -0.4 is 10.6 Å². The molecule has 0 saturated carbocycles. The quantitative estimate of drug-likeness (QED) is 0.775. The van der Waals surface area contributed by atoms with Crippen molar-refractivity contribution in [3.8, 4) is 0 Å². The number of aromatic nitrogens is 4. The van der Waals surface area contributed by atoms with Gasteiger partial charge in [-0.15, -0.1) is 10.2 Å². The second-order valence-corrected chi connectivity index (χ2v) is 5.07. The molecule has 2 amide bonds. The molecular formula is C13H12N6OS. The molecule has 0 bridgehead atoms. The smallest absolute Gasteiger partial charge is 0.305 e. The highest BCUT2D eigenvalue weighted by molar-refractivity contribution is 7.13. The van der Waals surface area contributed by atoms with Crippen LogP contribution >= 0.6 is 11.3 Å². The molecule has 3 aromatic rings. The van der Waals surface area contributed by atoms with Gasteiger partial charge in [-0.1, -0.05) is 41.7 Å². The molecule has 0 unspecified atom stereocenters. The number of hydrogen-bond acceptors (Lipinski definition) is 5. The monoisotopic (exact) mass is 300 g/mol. The van der Waals surface area contributed by atoms with Crippen LogP contribution in [0.5, 0.6) is 0 Å². The molecule has 0 radical (unpaired) electrons. The van der Waals surface area contributed by atoms with Gasteiger partial charge >= 0.3 is 6.03 Å². The number of benzene rings is 1. The summed E-state index contributed by atoms with van der Waals surface area (Å²) in [6.45, 7) is 0.653. The average molecular weight is 300 g/mol. The molecule has 0 aliphatic heterocycles. The van der Waals surface area contributed by atoms with E-state index in [1.54, 1.807) is 22.6 Å². The van der Waals surface area contributed by atoms with E-state index in [-0.39, 0.29) is 6.03 Å². The van der Waals surface area contributed by atoms with Gasteiger partial charge in [-0.25, -0.2) is 4.79 Å². The molecule has 1 aromatic carbocycles. The molecule has 0 aliphatic rings. The molecule has 7 nitrogen and oxygen atoms in total. The van der Waals surface area contributed by atoms with Gasteiger partial charge in [-0.05, 0) is 5.56 Å². The van der Waals surface area contributed by atoms with E-state index in [1.165, 1.54) is 11.3 Å². The summed E-state index contributed by atoms with van der Waals surface area (Å²) < 4.78 is 1.76. The van der Waals surface area contributed by atoms with Gasteiger partial charge in [0.25, 0.3) is 0 Å². The number of nitrogens with one attached hydrogen (secondary N) is 2. The zero-order chi connectivity index (χ0) is 14.5. The second-order valence-electron chi connectivity index (χ2n) is 4.24. The normalized spacial score (nSPS) is 10.3. The number of hydrogen-bond donors (Lipinski definition) is 2. The van der Waals surface area contributed by atoms with Crippen LogP contribution in [-0.2, 0) is 6.54 Å². The van der Waals surface area contributed by atoms with E-state index in [0.717, 1.165) is 5.56 Å². The number of amides is 2. The molecule has 8 heteroatoms. The maximum absolute atomic E-state index is 11.7. The summed E-state index contributed by atoms with van der Waals surface area (Å²) >= 11 is 1.25. The zero-order valence-electron chi connectivity index (χ0n) is 10.9. The first kappa shape index (κ1) is 13.3. The second kappa shape index (κ2) is 6.14. The van der Waals surface area contributed by atoms with Gasteiger partial charge in [0.15, 0.2) is 0 Å². The van der Waals surface area contributed by atoms with Crippen molar-refractivity contribution in [2.45, 2.75) is 6.54 Å². The van der Waals surface area contributed by atoms with Crippen molar-refractivity contribution in [2.75, 3.05) is 10.6 Å². The van der Waals surface area contributed by atoms with Crippen LogP contribution in [0.4, 0.5) is 15.6 Å². The topological polar surface area (TPSA) is 84.7 Å². The highest BCUT2D eigenvalue weighted by Gasteiger charge is 2.06. The molecule has 2 heterocycles. The van der Waals surface area contributed by atoms with Gasteiger partial charge in [0, 0.05) is 6.20 Å². The van der Waals surface area contributed by atoms with Crippen molar-refractivity contribution >= 4 is 28.2 Å². The Labute approximate surface area is 124 Å². The van der Waals surface area contributed by atoms with Gasteiger partial charge in [0.05, 0.1) is 18.4 Å². The molecule has 21 heavy (non-hydrogen) atoms. The van der Waals surface area contributed by atoms with E-state index in [9.17, 15) is 4.79 Å². The third kappa shape index (κ3) is 3.63. The maximum Gasteiger partial charge on any atom is 0.325 e. The predicted molar refractivity (Wildman–Crippen MR) is 80.3 cm³/mol. The Hall–Kier alpha value is -2.74. The van der Waals surface area contributed by atoms with Crippen LogP contribution in [0.25, 0.3) is 0 Å². The minimum absolute atomic E-state index is 0.369. The summed E-state index contributed by atoms with van der Waals surface area (Å²) in [7, 11) is 0. The van der Waals surface area contributed by atoms with Crippen molar-refractivity contribution in [3.63, 3.8) is 0 Å². The lowest BCUT2D eigenvalue weighted by Gasteiger charge is -2.02. The molecule has 2 aromatic heterocycles. The van der Waals surface area contributed by atoms with Crippen LogP contribution in [-0.4, -0.2) is 26.0 Å². The first-order chi connectivity index (χ1) is 10.3. The lowest BCUT2D eigenvalue weighted by molar-refractivity contribution is 0.262. The van der Waals surface area contributed by atoms with Crippen molar-refractivity contribution in [2.24, 2.45) is 0 Å². The van der Waals surface area contributed by atoms with E-state index < -0.39 is 0 Å². The number of nitrogens with zero attached hydrogens (tertiary/aromatic N) is 4. The average Bonchev–Trinajstić information content (AvgIpc) is 3.12. The van der Waals surface area contributed by atoms with Gasteiger partial charge in [0.1, 0.15) is 5.51 Å². The zero-order valence-corrected chi connectivity index (χ0v) is 11.7. The Morgan fingerprint density at radius 3 is 2.86 bits per heavy atom. The first-order valence-electron chi connectivity index (χ1n) is 6.20. The molecule has 0 atom stereocenters. The Bertz CT molecular complexity index is 709. The number of carbonyl (C=O) groups excluding carboxylic acids is 1. The van der Waals surface area contributed by atoms with Gasteiger partial charge in [0.2, 0.25) is 5.13 Å². The summed E-state index contributed by atoms with van der Waals surface area (Å²) in [6.07, 6.45) is 3.37. The number of urea groups is 1. The largest absolute Gasteiger partial charge is 0.325 e. The summed E-state index contributed by atoms with van der Waals surface area (Å²) in [5, 5.41) is 17.3. The first-order valence-corrected chi connectivity index (χ1v) is 7.08. The number of rotatable bonds is 4. The molecular weight excluding hydrogens is 288 g/mol. The number of carbonyl (C=O) groups is 1. The van der Waals surface area contributed by atoms with E-state index in [2.05, 4.69) is 25.9 Å². The summed E-state index contributed by atoms with van der Waals surface area (Å²) in [5.74, 6) is 0. The fraction of sp³-hybridized carbons (Fsp3) is 0.0769. The van der Waals surface area contributed by atoms with Gasteiger partial charge < -0.3 is 5.32 Å². The Kier molecular flexibility index (Phi) is 3.88. The summed E-state index contributed by atoms with van der Waals surface area (Å²) in [5.41, 5.74) is 3.31. The van der Waals surface area contributed by atoms with Gasteiger partial charge in [-0.2, -0.15) is 5.10 Å². The Morgan fingerprint density at radius 2 is 2.10 bits per heavy atom. The van der Waals surface area contributed by atoms with Crippen LogP contribution in [0.3, 0.4) is 0 Å². The van der Waals surface area contributed by atoms with Crippen LogP contribution in [0.15, 0.2) is 48.2 Å². The predicted octanol–water partition coefficient (Wildman–Crippen LogP) is 2.43. The van der Waals surface area contributed by atoms with Crippen molar-refractivity contribution < 1.29 is 4.79 Å². The molecule has 0 aliphatic carbocycles. The fourth-order valence-corrected chi connectivity index (χ4v) is 2.21. The SMILES string of the molecule is O=C(Nc1cnn(Cc2ccccc2)c1)Nc1nncs1. The Balaban J connectivity index is 1.59. The third-order valence-electron chi connectivity index (χ3n) is 2.66. The lowest BCUT2D eigenvalue weighted by atomic mass is 10.2. The minimum atomic E-state index is -0.369. The van der Waals surface area contributed by atoms with Gasteiger partial charge in [-0.3, -0.25) is 10.00 Å². The molecule has 3 rings (SSSR count). The Morgan fingerprint density at radius 1 is 1.24 bits per heavy atom. The standard InChI is InChI=1S/C13H12N6OS/c20-12(17-13-18-14-9-21-13)16-11-6-15-19(8-11)7-10-4-2-1-3-5-10/h1-6,8-9H,7H2,(H2,16,17,18,20). The van der Waals surface area contributed by atoms with Crippen LogP contribution in [0.2, 0.25) is 0 Å². The molecule has 0 spiro atoms. The molecule has 106 valence electrons. The van der Waals surface area contributed by atoms with E-state index >= 15 is 0 Å². The molecule has 0 fully saturated rings.